The molecule has 0 atom stereocenters. The zero-order valence-corrected chi connectivity index (χ0v) is 14.3. The van der Waals surface area contributed by atoms with Crippen LogP contribution in [0, 0.1) is 0 Å². The molecule has 0 spiro atoms. The summed E-state index contributed by atoms with van der Waals surface area (Å²) in [6.07, 6.45) is 5.11. The fourth-order valence-corrected chi connectivity index (χ4v) is 3.14. The zero-order chi connectivity index (χ0) is 17.2. The van der Waals surface area contributed by atoms with Gasteiger partial charge in [0.1, 0.15) is 5.75 Å². The number of benzene rings is 1. The molecule has 1 heterocycles. The van der Waals surface area contributed by atoms with Gasteiger partial charge in [0, 0.05) is 12.1 Å². The number of aromatic nitrogens is 2. The lowest BCUT2D eigenvalue weighted by Gasteiger charge is -2.29. The van der Waals surface area contributed by atoms with E-state index in [9.17, 15) is 0 Å². The lowest BCUT2D eigenvalue weighted by atomic mass is 9.82. The van der Waals surface area contributed by atoms with Gasteiger partial charge in [0.15, 0.2) is 17.3 Å². The highest BCUT2D eigenvalue weighted by Crippen LogP contribution is 2.40. The van der Waals surface area contributed by atoms with Gasteiger partial charge < -0.3 is 24.5 Å². The Morgan fingerprint density at radius 2 is 1.58 bits per heavy atom. The smallest absolute Gasteiger partial charge is 0.261 e. The molecule has 0 bridgehead atoms. The maximum absolute atomic E-state index is 6.48. The average molecular weight is 333 g/mol. The predicted octanol–water partition coefficient (Wildman–Crippen LogP) is 2.88. The van der Waals surface area contributed by atoms with E-state index in [4.69, 9.17) is 24.5 Å². The lowest BCUT2D eigenvalue weighted by molar-refractivity contribution is 0.275. The number of nitrogens with two attached hydrogens (primary N) is 1. The van der Waals surface area contributed by atoms with Crippen molar-refractivity contribution < 1.29 is 18.7 Å². The first-order chi connectivity index (χ1) is 11.6. The summed E-state index contributed by atoms with van der Waals surface area (Å²) < 4.78 is 21.5. The molecule has 2 aromatic rings. The Kier molecular flexibility index (Phi) is 4.62. The van der Waals surface area contributed by atoms with Crippen LogP contribution in [0.25, 0.3) is 11.5 Å². The summed E-state index contributed by atoms with van der Waals surface area (Å²) in [7, 11) is 4.72. The van der Waals surface area contributed by atoms with Crippen LogP contribution >= 0.6 is 0 Å². The second kappa shape index (κ2) is 6.68. The molecule has 0 saturated heterocycles. The molecule has 24 heavy (non-hydrogen) atoms. The fourth-order valence-electron chi connectivity index (χ4n) is 3.14. The molecule has 130 valence electrons. The van der Waals surface area contributed by atoms with E-state index >= 15 is 0 Å². The third kappa shape index (κ3) is 2.91. The van der Waals surface area contributed by atoms with Crippen molar-refractivity contribution in [2.45, 2.75) is 37.6 Å². The summed E-state index contributed by atoms with van der Waals surface area (Å²) in [5, 5.41) is 4.12. The Morgan fingerprint density at radius 1 is 0.958 bits per heavy atom. The molecule has 0 unspecified atom stereocenters. The van der Waals surface area contributed by atoms with Crippen LogP contribution in [0.15, 0.2) is 16.7 Å². The van der Waals surface area contributed by atoms with E-state index in [1.54, 1.807) is 33.5 Å². The van der Waals surface area contributed by atoms with Crippen molar-refractivity contribution in [3.8, 4) is 28.7 Å². The molecule has 1 aliphatic rings. The van der Waals surface area contributed by atoms with Crippen LogP contribution in [0.3, 0.4) is 0 Å². The van der Waals surface area contributed by atoms with Crippen LogP contribution in [-0.2, 0) is 5.54 Å². The number of hydrogen-bond acceptors (Lipinski definition) is 7. The van der Waals surface area contributed by atoms with Crippen molar-refractivity contribution in [1.82, 2.24) is 10.1 Å². The number of nitrogens with zero attached hydrogens (tertiary/aromatic N) is 2. The molecular formula is C17H23N3O4. The van der Waals surface area contributed by atoms with E-state index in [2.05, 4.69) is 10.1 Å². The van der Waals surface area contributed by atoms with E-state index in [-0.39, 0.29) is 0 Å². The van der Waals surface area contributed by atoms with Crippen molar-refractivity contribution >= 4 is 0 Å². The first-order valence-corrected chi connectivity index (χ1v) is 8.05. The number of ether oxygens (including phenoxy) is 3. The molecule has 1 fully saturated rings. The Balaban J connectivity index is 2.00. The van der Waals surface area contributed by atoms with Crippen molar-refractivity contribution in [2.24, 2.45) is 5.73 Å². The molecule has 1 aromatic heterocycles. The molecule has 7 nitrogen and oxygen atoms in total. The number of rotatable bonds is 5. The zero-order valence-electron chi connectivity index (χ0n) is 14.3. The maximum atomic E-state index is 6.48. The van der Waals surface area contributed by atoms with Gasteiger partial charge in [0.2, 0.25) is 0 Å². The van der Waals surface area contributed by atoms with Gasteiger partial charge in [-0.25, -0.2) is 0 Å². The van der Waals surface area contributed by atoms with Crippen LogP contribution in [0.4, 0.5) is 0 Å². The van der Waals surface area contributed by atoms with Crippen LogP contribution in [0.5, 0.6) is 17.2 Å². The molecule has 1 saturated carbocycles. The highest BCUT2D eigenvalue weighted by molar-refractivity contribution is 5.68. The van der Waals surface area contributed by atoms with E-state index in [1.165, 1.54) is 6.42 Å². The van der Waals surface area contributed by atoms with E-state index in [0.717, 1.165) is 25.7 Å². The molecule has 0 amide bonds. The summed E-state index contributed by atoms with van der Waals surface area (Å²) in [5.41, 5.74) is 6.62. The first kappa shape index (κ1) is 16.6. The van der Waals surface area contributed by atoms with E-state index < -0.39 is 5.54 Å². The largest absolute Gasteiger partial charge is 0.496 e. The molecule has 2 N–H and O–H groups in total. The minimum atomic E-state index is -0.510. The van der Waals surface area contributed by atoms with Crippen molar-refractivity contribution in [2.75, 3.05) is 21.3 Å². The molecule has 1 aliphatic carbocycles. The summed E-state index contributed by atoms with van der Waals surface area (Å²) in [5.74, 6) is 2.61. The van der Waals surface area contributed by atoms with Crippen molar-refractivity contribution in [3.05, 3.63) is 18.0 Å². The summed E-state index contributed by atoms with van der Waals surface area (Å²) in [4.78, 5) is 4.54. The molecule has 7 heteroatoms. The third-order valence-electron chi connectivity index (χ3n) is 4.55. The maximum Gasteiger partial charge on any atom is 0.261 e. The third-order valence-corrected chi connectivity index (χ3v) is 4.55. The highest BCUT2D eigenvalue weighted by atomic mass is 16.5. The van der Waals surface area contributed by atoms with Crippen LogP contribution in [-0.4, -0.2) is 31.5 Å². The highest BCUT2D eigenvalue weighted by Gasteiger charge is 2.34. The van der Waals surface area contributed by atoms with E-state index in [1.807, 2.05) is 0 Å². The van der Waals surface area contributed by atoms with E-state index in [0.29, 0.717) is 34.5 Å². The SMILES string of the molecule is COc1cc(OC)c(-c2nc(C3(N)CCCCC3)no2)cc1OC. The van der Waals surface area contributed by atoms with Crippen molar-refractivity contribution in [3.63, 3.8) is 0 Å². The summed E-state index contributed by atoms with van der Waals surface area (Å²) in [6, 6.07) is 3.50. The monoisotopic (exact) mass is 333 g/mol. The van der Waals surface area contributed by atoms with Crippen LogP contribution < -0.4 is 19.9 Å². The van der Waals surface area contributed by atoms with Gasteiger partial charge in [0.05, 0.1) is 32.4 Å². The Morgan fingerprint density at radius 3 is 2.21 bits per heavy atom. The normalized spacial score (nSPS) is 16.7. The Labute approximate surface area is 141 Å². The molecule has 1 aromatic carbocycles. The Hall–Kier alpha value is -2.28. The van der Waals surface area contributed by atoms with Gasteiger partial charge in [-0.2, -0.15) is 4.98 Å². The molecule has 3 rings (SSSR count). The summed E-state index contributed by atoms with van der Waals surface area (Å²) >= 11 is 0. The molecule has 0 aliphatic heterocycles. The average Bonchev–Trinajstić information content (AvgIpc) is 3.12. The minimum Gasteiger partial charge on any atom is -0.496 e. The Bertz CT molecular complexity index is 708. The number of methoxy groups -OCH3 is 3. The van der Waals surface area contributed by atoms with Gasteiger partial charge in [-0.05, 0) is 12.8 Å². The predicted molar refractivity (Wildman–Crippen MR) is 88.3 cm³/mol. The standard InChI is InChI=1S/C17H23N3O4/c1-21-12-10-14(23-3)13(22-2)9-11(12)15-19-16(20-24-15)17(18)7-5-4-6-8-17/h9-10H,4-8,18H2,1-3H3. The summed E-state index contributed by atoms with van der Waals surface area (Å²) in [6.45, 7) is 0. The quantitative estimate of drug-likeness (QED) is 0.899. The van der Waals surface area contributed by atoms with Gasteiger partial charge in [0.25, 0.3) is 5.89 Å². The first-order valence-electron chi connectivity index (χ1n) is 8.05. The lowest BCUT2D eigenvalue weighted by Crippen LogP contribution is -2.39. The van der Waals surface area contributed by atoms with Crippen LogP contribution in [0.2, 0.25) is 0 Å². The van der Waals surface area contributed by atoms with Gasteiger partial charge in [-0.15, -0.1) is 0 Å². The van der Waals surface area contributed by atoms with Crippen LogP contribution in [0.1, 0.15) is 37.9 Å². The minimum absolute atomic E-state index is 0.359. The fraction of sp³-hybridized carbons (Fsp3) is 0.529. The van der Waals surface area contributed by atoms with Gasteiger partial charge in [-0.3, -0.25) is 0 Å². The second-order valence-corrected chi connectivity index (χ2v) is 6.05. The van der Waals surface area contributed by atoms with Gasteiger partial charge in [-0.1, -0.05) is 24.4 Å². The topological polar surface area (TPSA) is 92.6 Å². The molecule has 0 radical (unpaired) electrons. The number of hydrogen-bond donors (Lipinski definition) is 1. The van der Waals surface area contributed by atoms with Crippen molar-refractivity contribution in [1.29, 1.82) is 0 Å². The van der Waals surface area contributed by atoms with Gasteiger partial charge >= 0.3 is 0 Å². The second-order valence-electron chi connectivity index (χ2n) is 6.05. The molecular weight excluding hydrogens is 310 g/mol.